The van der Waals surface area contributed by atoms with Crippen LogP contribution >= 0.6 is 11.6 Å². The fourth-order valence-electron chi connectivity index (χ4n) is 2.67. The molecule has 0 bridgehead atoms. The summed E-state index contributed by atoms with van der Waals surface area (Å²) < 4.78 is 5.94. The van der Waals surface area contributed by atoms with Gasteiger partial charge in [0.05, 0.1) is 5.56 Å². The number of nitrogens with zero attached hydrogens (tertiary/aromatic N) is 4. The predicted octanol–water partition coefficient (Wildman–Crippen LogP) is 4.47. The van der Waals surface area contributed by atoms with E-state index >= 15 is 0 Å². The Morgan fingerprint density at radius 2 is 1.81 bits per heavy atom. The zero-order valence-electron chi connectivity index (χ0n) is 15.1. The molecule has 1 aromatic carbocycles. The first-order valence-electron chi connectivity index (χ1n) is 8.60. The van der Waals surface area contributed by atoms with Gasteiger partial charge in [-0.1, -0.05) is 17.7 Å². The smallest absolute Gasteiger partial charge is 0.257 e. The lowest BCUT2D eigenvalue weighted by Crippen LogP contribution is -2.30. The van der Waals surface area contributed by atoms with Crippen LogP contribution in [0.15, 0.2) is 55.2 Å². The van der Waals surface area contributed by atoms with Crippen LogP contribution < -0.4 is 4.74 Å². The Morgan fingerprint density at radius 3 is 2.48 bits per heavy atom. The summed E-state index contributed by atoms with van der Waals surface area (Å²) in [6, 6.07) is 8.74. The Balaban J connectivity index is 2.04. The number of halogens is 1. The quantitative estimate of drug-likeness (QED) is 0.588. The fraction of sp³-hybridized carbons (Fsp3) is 0.200. The van der Waals surface area contributed by atoms with E-state index in [1.807, 2.05) is 19.9 Å². The van der Waals surface area contributed by atoms with Crippen LogP contribution in [0.1, 0.15) is 24.2 Å². The number of ether oxygens (including phenoxy) is 1. The second-order valence-corrected chi connectivity index (χ2v) is 6.12. The highest BCUT2D eigenvalue weighted by Gasteiger charge is 2.19. The molecule has 0 fully saturated rings. The maximum atomic E-state index is 13.0. The number of aromatic nitrogens is 3. The Bertz CT molecular complexity index is 930. The van der Waals surface area contributed by atoms with Crippen molar-refractivity contribution in [2.45, 2.75) is 13.8 Å². The van der Waals surface area contributed by atoms with Crippen molar-refractivity contribution in [3.05, 3.63) is 66.0 Å². The van der Waals surface area contributed by atoms with Crippen LogP contribution in [0.5, 0.6) is 11.5 Å². The molecule has 2 heterocycles. The van der Waals surface area contributed by atoms with Gasteiger partial charge in [0.1, 0.15) is 23.0 Å². The van der Waals surface area contributed by atoms with E-state index in [0.717, 1.165) is 11.1 Å². The van der Waals surface area contributed by atoms with Crippen LogP contribution in [0, 0.1) is 0 Å². The average Bonchev–Trinajstić information content (AvgIpc) is 2.70. The minimum Gasteiger partial charge on any atom is -0.456 e. The molecule has 3 aromatic rings. The molecule has 3 rings (SSSR count). The maximum Gasteiger partial charge on any atom is 0.257 e. The van der Waals surface area contributed by atoms with Crippen LogP contribution in [0.25, 0.3) is 11.1 Å². The van der Waals surface area contributed by atoms with Crippen molar-refractivity contribution in [2.75, 3.05) is 13.1 Å². The van der Waals surface area contributed by atoms with E-state index in [2.05, 4.69) is 15.0 Å². The molecule has 0 N–H and O–H groups in total. The molecule has 0 unspecified atom stereocenters. The molecule has 1 amide bonds. The summed E-state index contributed by atoms with van der Waals surface area (Å²) in [5.74, 6) is 0.864. The van der Waals surface area contributed by atoms with Crippen molar-refractivity contribution in [1.29, 1.82) is 0 Å². The minimum atomic E-state index is -0.103. The number of hydrogen-bond acceptors (Lipinski definition) is 5. The highest BCUT2D eigenvalue weighted by atomic mass is 35.5. The average molecular weight is 383 g/mol. The van der Waals surface area contributed by atoms with E-state index in [9.17, 15) is 4.79 Å². The van der Waals surface area contributed by atoms with Crippen LogP contribution in [0.2, 0.25) is 5.15 Å². The topological polar surface area (TPSA) is 68.2 Å². The number of benzene rings is 1. The van der Waals surface area contributed by atoms with E-state index in [1.54, 1.807) is 47.8 Å². The number of rotatable bonds is 6. The summed E-state index contributed by atoms with van der Waals surface area (Å²) in [6.45, 7) is 5.10. The molecular formula is C20H19ClN4O2. The van der Waals surface area contributed by atoms with E-state index in [0.29, 0.717) is 35.3 Å². The molecule has 0 atom stereocenters. The molecule has 0 spiro atoms. The molecule has 0 saturated carbocycles. The van der Waals surface area contributed by atoms with Crippen molar-refractivity contribution in [2.24, 2.45) is 0 Å². The van der Waals surface area contributed by atoms with Gasteiger partial charge in [-0.25, -0.2) is 15.0 Å². The SMILES string of the molecule is CCN(CC)C(=O)c1cc(-c2cncnc2)ccc1Oc1ccnc(Cl)c1. The number of carbonyl (C=O) groups excluding carboxylic acids is 1. The normalized spacial score (nSPS) is 10.5. The summed E-state index contributed by atoms with van der Waals surface area (Å²) >= 11 is 5.93. The number of pyridine rings is 1. The zero-order chi connectivity index (χ0) is 19.2. The lowest BCUT2D eigenvalue weighted by Gasteiger charge is -2.21. The van der Waals surface area contributed by atoms with Crippen molar-refractivity contribution < 1.29 is 9.53 Å². The van der Waals surface area contributed by atoms with Crippen LogP contribution in [-0.4, -0.2) is 38.8 Å². The summed E-state index contributed by atoms with van der Waals surface area (Å²) in [5, 5.41) is 0.321. The van der Waals surface area contributed by atoms with E-state index in [-0.39, 0.29) is 5.91 Å². The Kier molecular flexibility index (Phi) is 5.98. The molecule has 0 radical (unpaired) electrons. The van der Waals surface area contributed by atoms with Gasteiger partial charge >= 0.3 is 0 Å². The Labute approximate surface area is 162 Å². The minimum absolute atomic E-state index is 0.103. The van der Waals surface area contributed by atoms with Gasteiger partial charge < -0.3 is 9.64 Å². The van der Waals surface area contributed by atoms with E-state index in [4.69, 9.17) is 16.3 Å². The van der Waals surface area contributed by atoms with Gasteiger partial charge in [0.2, 0.25) is 0 Å². The van der Waals surface area contributed by atoms with E-state index in [1.165, 1.54) is 6.33 Å². The van der Waals surface area contributed by atoms with Crippen molar-refractivity contribution in [3.63, 3.8) is 0 Å². The molecule has 6 nitrogen and oxygen atoms in total. The van der Waals surface area contributed by atoms with Gasteiger partial charge in [-0.05, 0) is 37.6 Å². The third-order valence-corrected chi connectivity index (χ3v) is 4.29. The highest BCUT2D eigenvalue weighted by Crippen LogP contribution is 2.31. The number of amides is 1. The van der Waals surface area contributed by atoms with Crippen LogP contribution in [0.3, 0.4) is 0 Å². The Hall–Kier alpha value is -2.99. The zero-order valence-corrected chi connectivity index (χ0v) is 15.8. The van der Waals surface area contributed by atoms with Crippen molar-refractivity contribution in [3.8, 4) is 22.6 Å². The number of hydrogen-bond donors (Lipinski definition) is 0. The van der Waals surface area contributed by atoms with Gasteiger partial charge in [-0.2, -0.15) is 0 Å². The molecule has 0 saturated heterocycles. The number of carbonyl (C=O) groups is 1. The van der Waals surface area contributed by atoms with Gasteiger partial charge in [0.15, 0.2) is 0 Å². The molecule has 27 heavy (non-hydrogen) atoms. The summed E-state index contributed by atoms with van der Waals surface area (Å²) in [5.41, 5.74) is 2.13. The first-order chi connectivity index (χ1) is 13.1. The van der Waals surface area contributed by atoms with Gasteiger partial charge in [0.25, 0.3) is 5.91 Å². The van der Waals surface area contributed by atoms with E-state index < -0.39 is 0 Å². The third kappa shape index (κ3) is 4.41. The lowest BCUT2D eigenvalue weighted by molar-refractivity contribution is 0.0770. The molecule has 0 aliphatic heterocycles. The standard InChI is InChI=1S/C20H19ClN4O2/c1-3-25(4-2)20(26)17-9-14(15-11-22-13-23-12-15)5-6-18(17)27-16-7-8-24-19(21)10-16/h5-13H,3-4H2,1-2H3. The molecule has 0 aliphatic carbocycles. The van der Waals surface area contributed by atoms with Gasteiger partial charge in [0, 0.05) is 43.3 Å². The van der Waals surface area contributed by atoms with Crippen molar-refractivity contribution >= 4 is 17.5 Å². The van der Waals surface area contributed by atoms with Gasteiger partial charge in [-0.3, -0.25) is 4.79 Å². The highest BCUT2D eigenvalue weighted by molar-refractivity contribution is 6.29. The molecule has 2 aromatic heterocycles. The first kappa shape index (κ1) is 18.8. The monoisotopic (exact) mass is 382 g/mol. The first-order valence-corrected chi connectivity index (χ1v) is 8.98. The Morgan fingerprint density at radius 1 is 1.07 bits per heavy atom. The van der Waals surface area contributed by atoms with Gasteiger partial charge in [-0.15, -0.1) is 0 Å². The molecule has 7 heteroatoms. The van der Waals surface area contributed by atoms with Crippen LogP contribution in [-0.2, 0) is 0 Å². The summed E-state index contributed by atoms with van der Waals surface area (Å²) in [6.07, 6.45) is 6.43. The molecule has 138 valence electrons. The lowest BCUT2D eigenvalue weighted by atomic mass is 10.0. The second kappa shape index (κ2) is 8.60. The molecular weight excluding hydrogens is 364 g/mol. The summed E-state index contributed by atoms with van der Waals surface area (Å²) in [4.78, 5) is 26.8. The molecule has 0 aliphatic rings. The van der Waals surface area contributed by atoms with Crippen LogP contribution in [0.4, 0.5) is 0 Å². The summed E-state index contributed by atoms with van der Waals surface area (Å²) in [7, 11) is 0. The maximum absolute atomic E-state index is 13.0. The second-order valence-electron chi connectivity index (χ2n) is 5.73. The predicted molar refractivity (Wildman–Crippen MR) is 104 cm³/mol. The third-order valence-electron chi connectivity index (χ3n) is 4.08. The fourth-order valence-corrected chi connectivity index (χ4v) is 2.83. The largest absolute Gasteiger partial charge is 0.456 e. The van der Waals surface area contributed by atoms with Crippen molar-refractivity contribution in [1.82, 2.24) is 19.9 Å².